The molecule has 4 nitrogen and oxygen atoms in total. The summed E-state index contributed by atoms with van der Waals surface area (Å²) in [5.74, 6) is 0.600. The van der Waals surface area contributed by atoms with Crippen molar-refractivity contribution >= 4 is 27.5 Å². The van der Waals surface area contributed by atoms with Crippen LogP contribution in [0.15, 0.2) is 77.1 Å². The molecule has 146 valence electrons. The summed E-state index contributed by atoms with van der Waals surface area (Å²) in [6.45, 7) is 3.79. The zero-order chi connectivity index (χ0) is 19.7. The van der Waals surface area contributed by atoms with Gasteiger partial charge >= 0.3 is 0 Å². The van der Waals surface area contributed by atoms with Crippen LogP contribution >= 0.6 is 11.8 Å². The first-order valence-electron chi connectivity index (χ1n) is 9.35. The molecule has 1 aliphatic heterocycles. The zero-order valence-corrected chi connectivity index (χ0v) is 17.4. The Morgan fingerprint density at radius 3 is 2.75 bits per heavy atom. The third-order valence-electron chi connectivity index (χ3n) is 5.54. The van der Waals surface area contributed by atoms with Crippen molar-refractivity contribution in [3.05, 3.63) is 78.4 Å². The van der Waals surface area contributed by atoms with Crippen molar-refractivity contribution in [3.63, 3.8) is 0 Å². The van der Waals surface area contributed by atoms with E-state index in [0.29, 0.717) is 10.8 Å². The second-order valence-electron chi connectivity index (χ2n) is 7.14. The van der Waals surface area contributed by atoms with E-state index in [4.69, 9.17) is 0 Å². The number of fused-ring (bicyclic) bond motifs is 3. The molecule has 2 aliphatic rings. The lowest BCUT2D eigenvalue weighted by atomic mass is 9.77. The molecule has 0 saturated carbocycles. The van der Waals surface area contributed by atoms with Crippen molar-refractivity contribution in [2.24, 2.45) is 5.92 Å². The molecule has 1 aliphatic carbocycles. The quantitative estimate of drug-likeness (QED) is 0.533. The van der Waals surface area contributed by atoms with Gasteiger partial charge in [-0.05, 0) is 60.1 Å². The van der Waals surface area contributed by atoms with Crippen molar-refractivity contribution in [2.45, 2.75) is 28.2 Å². The molecule has 0 radical (unpaired) electrons. The maximum absolute atomic E-state index is 12.5. The van der Waals surface area contributed by atoms with E-state index in [1.54, 1.807) is 23.9 Å². The van der Waals surface area contributed by atoms with Gasteiger partial charge in [-0.3, -0.25) is 0 Å². The van der Waals surface area contributed by atoms with Gasteiger partial charge in [0.15, 0.2) is 0 Å². The van der Waals surface area contributed by atoms with Crippen LogP contribution in [0.4, 0.5) is 5.69 Å². The van der Waals surface area contributed by atoms with Crippen LogP contribution in [0.2, 0.25) is 0 Å². The second kappa shape index (κ2) is 7.78. The number of nitrogens with one attached hydrogen (secondary N) is 2. The lowest BCUT2D eigenvalue weighted by molar-refractivity contribution is 0.425. The number of hydrogen-bond acceptors (Lipinski definition) is 4. The molecule has 6 heteroatoms. The van der Waals surface area contributed by atoms with Gasteiger partial charge in [0, 0.05) is 23.0 Å². The first-order valence-corrected chi connectivity index (χ1v) is 12.1. The number of allylic oxidation sites excluding steroid dienone is 2. The standard InChI is InChI=1S/C22H24N2O2S2/c1-3-13-23-28(25,26)17-11-12-21-20(14-17)18-5-4-6-19(18)22(24-21)15-7-9-16(27-2)10-8-15/h3-5,7-12,14,18-19,22-24H,1,6,13H2,2H3. The number of rotatable bonds is 6. The maximum atomic E-state index is 12.5. The highest BCUT2D eigenvalue weighted by atomic mass is 32.2. The van der Waals surface area contributed by atoms with Gasteiger partial charge in [0.2, 0.25) is 10.0 Å². The third kappa shape index (κ3) is 3.52. The first kappa shape index (κ1) is 19.3. The smallest absolute Gasteiger partial charge is 0.240 e. The van der Waals surface area contributed by atoms with Gasteiger partial charge < -0.3 is 5.32 Å². The topological polar surface area (TPSA) is 58.2 Å². The van der Waals surface area contributed by atoms with Gasteiger partial charge in [-0.15, -0.1) is 18.3 Å². The van der Waals surface area contributed by atoms with Gasteiger partial charge in [0.05, 0.1) is 10.9 Å². The van der Waals surface area contributed by atoms with Gasteiger partial charge in [0.25, 0.3) is 0 Å². The molecule has 3 unspecified atom stereocenters. The van der Waals surface area contributed by atoms with E-state index < -0.39 is 10.0 Å². The number of sulfonamides is 1. The molecule has 2 aromatic carbocycles. The maximum Gasteiger partial charge on any atom is 0.240 e. The number of anilines is 1. The van der Waals surface area contributed by atoms with Gasteiger partial charge in [-0.1, -0.05) is 30.4 Å². The fourth-order valence-electron chi connectivity index (χ4n) is 4.13. The van der Waals surface area contributed by atoms with E-state index >= 15 is 0 Å². The van der Waals surface area contributed by atoms with E-state index in [2.05, 4.69) is 59.3 Å². The number of benzene rings is 2. The summed E-state index contributed by atoms with van der Waals surface area (Å²) in [5.41, 5.74) is 3.33. The van der Waals surface area contributed by atoms with Crippen LogP contribution in [0.5, 0.6) is 0 Å². The predicted molar refractivity (Wildman–Crippen MR) is 116 cm³/mol. The van der Waals surface area contributed by atoms with Crippen molar-refractivity contribution < 1.29 is 8.42 Å². The molecule has 0 fully saturated rings. The minimum absolute atomic E-state index is 0.213. The van der Waals surface area contributed by atoms with E-state index in [1.165, 1.54) is 10.5 Å². The Morgan fingerprint density at radius 1 is 1.25 bits per heavy atom. The molecule has 2 aromatic rings. The fraction of sp³-hybridized carbons (Fsp3) is 0.273. The monoisotopic (exact) mass is 412 g/mol. The number of hydrogen-bond donors (Lipinski definition) is 2. The summed E-state index contributed by atoms with van der Waals surface area (Å²) in [6.07, 6.45) is 9.04. The minimum Gasteiger partial charge on any atom is -0.378 e. The molecule has 2 N–H and O–H groups in total. The van der Waals surface area contributed by atoms with Crippen LogP contribution in [0, 0.1) is 5.92 Å². The molecule has 1 heterocycles. The van der Waals surface area contributed by atoms with E-state index in [9.17, 15) is 8.42 Å². The summed E-state index contributed by atoms with van der Waals surface area (Å²) in [5, 5.41) is 3.67. The van der Waals surface area contributed by atoms with Crippen LogP contribution in [0.25, 0.3) is 0 Å². The average molecular weight is 413 g/mol. The number of thioether (sulfide) groups is 1. The molecular formula is C22H24N2O2S2. The van der Waals surface area contributed by atoms with Gasteiger partial charge in [0.1, 0.15) is 0 Å². The summed E-state index contributed by atoms with van der Waals surface area (Å²) in [6, 6.07) is 14.3. The Labute approximate surface area is 171 Å². The lowest BCUT2D eigenvalue weighted by Gasteiger charge is -2.37. The van der Waals surface area contributed by atoms with E-state index in [0.717, 1.165) is 17.7 Å². The third-order valence-corrected chi connectivity index (χ3v) is 7.70. The Bertz CT molecular complexity index is 1010. The van der Waals surface area contributed by atoms with Crippen molar-refractivity contribution in [3.8, 4) is 0 Å². The summed E-state index contributed by atoms with van der Waals surface area (Å²) < 4.78 is 27.6. The average Bonchev–Trinajstić information content (AvgIpc) is 3.21. The Morgan fingerprint density at radius 2 is 2.04 bits per heavy atom. The normalized spacial score (nSPS) is 23.0. The fourth-order valence-corrected chi connectivity index (χ4v) is 5.57. The molecule has 0 aromatic heterocycles. The largest absolute Gasteiger partial charge is 0.378 e. The van der Waals surface area contributed by atoms with Crippen molar-refractivity contribution in [1.82, 2.24) is 4.72 Å². The Hall–Kier alpha value is -2.02. The molecule has 4 rings (SSSR count). The molecule has 0 amide bonds. The zero-order valence-electron chi connectivity index (χ0n) is 15.8. The second-order valence-corrected chi connectivity index (χ2v) is 9.78. The van der Waals surface area contributed by atoms with Crippen LogP contribution in [0.3, 0.4) is 0 Å². The summed E-state index contributed by atoms with van der Waals surface area (Å²) >= 11 is 1.74. The molecule has 0 spiro atoms. The van der Waals surface area contributed by atoms with Crippen LogP contribution in [-0.2, 0) is 10.0 Å². The SMILES string of the molecule is C=CCNS(=O)(=O)c1ccc2c(c1)C1C=CCC1C(c1ccc(SC)cc1)N2. The Balaban J connectivity index is 1.69. The van der Waals surface area contributed by atoms with Crippen LogP contribution in [0.1, 0.15) is 29.5 Å². The Kier molecular flexibility index (Phi) is 5.36. The van der Waals surface area contributed by atoms with E-state index in [-0.39, 0.29) is 18.5 Å². The minimum atomic E-state index is -3.53. The van der Waals surface area contributed by atoms with E-state index in [1.807, 2.05) is 12.1 Å². The van der Waals surface area contributed by atoms with Crippen molar-refractivity contribution in [2.75, 3.05) is 18.1 Å². The predicted octanol–water partition coefficient (Wildman–Crippen LogP) is 4.70. The summed E-state index contributed by atoms with van der Waals surface area (Å²) in [4.78, 5) is 1.56. The van der Waals surface area contributed by atoms with Gasteiger partial charge in [-0.25, -0.2) is 13.1 Å². The molecule has 0 bridgehead atoms. The summed E-state index contributed by atoms with van der Waals surface area (Å²) in [7, 11) is -3.53. The molecule has 3 atom stereocenters. The highest BCUT2D eigenvalue weighted by molar-refractivity contribution is 7.98. The highest BCUT2D eigenvalue weighted by Gasteiger charge is 2.38. The van der Waals surface area contributed by atoms with Crippen LogP contribution in [-0.4, -0.2) is 21.2 Å². The van der Waals surface area contributed by atoms with Crippen LogP contribution < -0.4 is 10.0 Å². The van der Waals surface area contributed by atoms with Gasteiger partial charge in [-0.2, -0.15) is 0 Å². The first-order chi connectivity index (χ1) is 13.5. The molecular weight excluding hydrogens is 388 g/mol. The van der Waals surface area contributed by atoms with Crippen molar-refractivity contribution in [1.29, 1.82) is 0 Å². The lowest BCUT2D eigenvalue weighted by Crippen LogP contribution is -2.30. The molecule has 0 saturated heterocycles. The highest BCUT2D eigenvalue weighted by Crippen LogP contribution is 2.50. The molecule has 28 heavy (non-hydrogen) atoms.